The number of likely N-dealkylation sites (N-methyl/N-ethyl adjacent to an activating group) is 1. The molecule has 0 radical (unpaired) electrons. The number of carbonyl (C=O) groups is 1. The van der Waals surface area contributed by atoms with Crippen molar-refractivity contribution in [1.82, 2.24) is 14.5 Å². The maximum Gasteiger partial charge on any atom is 0.251 e. The molecule has 1 aromatic carbocycles. The third kappa shape index (κ3) is 4.72. The van der Waals surface area contributed by atoms with Gasteiger partial charge in [-0.05, 0) is 68.3 Å². The first kappa shape index (κ1) is 25.4. The van der Waals surface area contributed by atoms with Crippen LogP contribution in [0.4, 0.5) is 5.69 Å². The molecule has 0 aromatic heterocycles. The first-order valence-corrected chi connectivity index (χ1v) is 13.8. The van der Waals surface area contributed by atoms with Crippen LogP contribution in [-0.2, 0) is 14.8 Å². The fourth-order valence-corrected chi connectivity index (χ4v) is 7.84. The summed E-state index contributed by atoms with van der Waals surface area (Å²) in [5, 5.41) is 6.56. The second-order valence-corrected chi connectivity index (χ2v) is 13.2. The molecule has 3 unspecified atom stereocenters. The zero-order chi connectivity index (χ0) is 24.7. The van der Waals surface area contributed by atoms with Crippen molar-refractivity contribution in [1.29, 1.82) is 0 Å². The largest absolute Gasteiger partial charge is 0.383 e. The lowest BCUT2D eigenvalue weighted by atomic mass is 9.68. The van der Waals surface area contributed by atoms with Gasteiger partial charge in [-0.3, -0.25) is 4.79 Å². The van der Waals surface area contributed by atoms with E-state index in [1.807, 2.05) is 19.0 Å². The van der Waals surface area contributed by atoms with Gasteiger partial charge in [0.15, 0.2) is 0 Å². The lowest BCUT2D eigenvalue weighted by Crippen LogP contribution is -2.52. The minimum absolute atomic E-state index is 0.0268. The summed E-state index contributed by atoms with van der Waals surface area (Å²) in [5.74, 6) is 0.411. The molecular formula is C25H40N4O4S. The van der Waals surface area contributed by atoms with Gasteiger partial charge in [0.2, 0.25) is 10.0 Å². The quantitative estimate of drug-likeness (QED) is 0.580. The number of carbonyl (C=O) groups excluding carboxylic acids is 1. The summed E-state index contributed by atoms with van der Waals surface area (Å²) in [6.45, 7) is 9.50. The van der Waals surface area contributed by atoms with Gasteiger partial charge in [0.05, 0.1) is 18.9 Å². The van der Waals surface area contributed by atoms with Crippen molar-refractivity contribution in [2.45, 2.75) is 51.0 Å². The number of ether oxygens (including phenoxy) is 1. The van der Waals surface area contributed by atoms with E-state index in [9.17, 15) is 13.2 Å². The highest BCUT2D eigenvalue weighted by Gasteiger charge is 2.59. The smallest absolute Gasteiger partial charge is 0.251 e. The van der Waals surface area contributed by atoms with Crippen LogP contribution in [0.3, 0.4) is 0 Å². The number of nitrogens with one attached hydrogen (secondary N) is 2. The van der Waals surface area contributed by atoms with Crippen LogP contribution in [0.5, 0.6) is 0 Å². The summed E-state index contributed by atoms with van der Waals surface area (Å²) in [5.41, 5.74) is 1.03. The molecule has 190 valence electrons. The van der Waals surface area contributed by atoms with E-state index in [0.29, 0.717) is 50.0 Å². The number of sulfonamides is 1. The molecule has 3 fully saturated rings. The third-order valence-electron chi connectivity index (χ3n) is 8.25. The number of fused-ring (bicyclic) bond motifs is 2. The number of anilines is 1. The number of benzene rings is 1. The topological polar surface area (TPSA) is 91.0 Å². The molecule has 2 N–H and O–H groups in total. The number of hydrogen-bond acceptors (Lipinski definition) is 6. The fraction of sp³-hybridized carbons (Fsp3) is 0.720. The number of rotatable bonds is 8. The zero-order valence-electron chi connectivity index (χ0n) is 21.2. The first-order chi connectivity index (χ1) is 15.9. The van der Waals surface area contributed by atoms with Crippen molar-refractivity contribution in [2.24, 2.45) is 16.7 Å². The van der Waals surface area contributed by atoms with Gasteiger partial charge in [-0.2, -0.15) is 4.31 Å². The Morgan fingerprint density at radius 3 is 2.53 bits per heavy atom. The highest BCUT2D eigenvalue weighted by Crippen LogP contribution is 2.62. The van der Waals surface area contributed by atoms with E-state index in [2.05, 4.69) is 31.4 Å². The molecule has 34 heavy (non-hydrogen) atoms. The Morgan fingerprint density at radius 2 is 1.91 bits per heavy atom. The van der Waals surface area contributed by atoms with Gasteiger partial charge in [0.1, 0.15) is 4.90 Å². The minimum atomic E-state index is -3.77. The van der Waals surface area contributed by atoms with Crippen LogP contribution in [0.2, 0.25) is 0 Å². The van der Waals surface area contributed by atoms with E-state index in [0.717, 1.165) is 19.4 Å². The van der Waals surface area contributed by atoms with Crippen LogP contribution >= 0.6 is 0 Å². The molecule has 1 aromatic rings. The summed E-state index contributed by atoms with van der Waals surface area (Å²) >= 11 is 0. The molecular weight excluding hydrogens is 452 g/mol. The van der Waals surface area contributed by atoms with Gasteiger partial charge in [-0.1, -0.05) is 20.8 Å². The number of morpholine rings is 1. The normalized spacial score (nSPS) is 28.9. The molecule has 1 aliphatic heterocycles. The Kier molecular flexibility index (Phi) is 7.03. The Hall–Kier alpha value is -1.68. The summed E-state index contributed by atoms with van der Waals surface area (Å²) in [6.07, 6.45) is 3.47. The van der Waals surface area contributed by atoms with E-state index >= 15 is 0 Å². The van der Waals surface area contributed by atoms with Crippen molar-refractivity contribution >= 4 is 21.6 Å². The molecule has 0 spiro atoms. The van der Waals surface area contributed by atoms with Crippen molar-refractivity contribution in [3.8, 4) is 0 Å². The molecule has 2 saturated carbocycles. The van der Waals surface area contributed by atoms with Gasteiger partial charge in [-0.25, -0.2) is 8.42 Å². The third-order valence-corrected chi connectivity index (χ3v) is 10.2. The molecule has 4 rings (SSSR count). The Morgan fingerprint density at radius 1 is 1.21 bits per heavy atom. The Bertz CT molecular complexity index is 1010. The first-order valence-electron chi connectivity index (χ1n) is 12.4. The average Bonchev–Trinajstić information content (AvgIpc) is 3.28. The van der Waals surface area contributed by atoms with Crippen molar-refractivity contribution in [3.05, 3.63) is 23.8 Å². The van der Waals surface area contributed by atoms with E-state index in [1.165, 1.54) is 10.7 Å². The second kappa shape index (κ2) is 9.41. The van der Waals surface area contributed by atoms with Gasteiger partial charge >= 0.3 is 0 Å². The summed E-state index contributed by atoms with van der Waals surface area (Å²) < 4.78 is 33.9. The lowest BCUT2D eigenvalue weighted by Gasteiger charge is -2.43. The summed E-state index contributed by atoms with van der Waals surface area (Å²) in [6, 6.07) is 5.07. The molecule has 1 saturated heterocycles. The molecule has 2 aliphatic carbocycles. The molecule has 1 amide bonds. The fourth-order valence-electron chi connectivity index (χ4n) is 6.24. The highest BCUT2D eigenvalue weighted by atomic mass is 32.2. The summed E-state index contributed by atoms with van der Waals surface area (Å²) in [7, 11) is 0.168. The van der Waals surface area contributed by atoms with Crippen LogP contribution < -0.4 is 10.6 Å². The van der Waals surface area contributed by atoms with Crippen LogP contribution in [-0.4, -0.2) is 83.1 Å². The van der Waals surface area contributed by atoms with Crippen LogP contribution in [0, 0.1) is 16.7 Å². The lowest BCUT2D eigenvalue weighted by molar-refractivity contribution is 0.0729. The molecule has 1 heterocycles. The minimum Gasteiger partial charge on any atom is -0.383 e. The van der Waals surface area contributed by atoms with Gasteiger partial charge in [0, 0.05) is 37.8 Å². The van der Waals surface area contributed by atoms with E-state index in [1.54, 1.807) is 18.2 Å². The molecule has 3 atom stereocenters. The predicted octanol–water partition coefficient (Wildman–Crippen LogP) is 2.63. The van der Waals surface area contributed by atoms with E-state index in [-0.39, 0.29) is 27.7 Å². The average molecular weight is 493 g/mol. The maximum absolute atomic E-state index is 13.6. The highest BCUT2D eigenvalue weighted by molar-refractivity contribution is 7.89. The molecule has 8 nitrogen and oxygen atoms in total. The van der Waals surface area contributed by atoms with E-state index < -0.39 is 10.0 Å². The van der Waals surface area contributed by atoms with Crippen LogP contribution in [0.1, 0.15) is 50.4 Å². The standard InChI is InChI=1S/C25H40N4O4S/c1-24(2)19-8-9-25(3,17-19)23(24)27-22(30)18-6-7-20(26-10-11-28(4)5)21(16-18)34(31,32)29-12-14-33-15-13-29/h6-7,16,19,23,26H,8-15,17H2,1-5H3,(H,27,30). The van der Waals surface area contributed by atoms with Crippen LogP contribution in [0.25, 0.3) is 0 Å². The molecule has 3 aliphatic rings. The number of amides is 1. The van der Waals surface area contributed by atoms with Crippen LogP contribution in [0.15, 0.2) is 23.1 Å². The zero-order valence-corrected chi connectivity index (χ0v) is 22.0. The Balaban J connectivity index is 1.62. The second-order valence-electron chi connectivity index (χ2n) is 11.3. The van der Waals surface area contributed by atoms with Gasteiger partial charge in [-0.15, -0.1) is 0 Å². The number of hydrogen-bond donors (Lipinski definition) is 2. The molecule has 2 bridgehead atoms. The van der Waals surface area contributed by atoms with E-state index in [4.69, 9.17) is 4.74 Å². The van der Waals surface area contributed by atoms with Gasteiger partial charge in [0.25, 0.3) is 5.91 Å². The summed E-state index contributed by atoms with van der Waals surface area (Å²) in [4.78, 5) is 15.6. The van der Waals surface area contributed by atoms with Crippen molar-refractivity contribution in [3.63, 3.8) is 0 Å². The van der Waals surface area contributed by atoms with Gasteiger partial charge < -0.3 is 20.3 Å². The SMILES string of the molecule is CN(C)CCNc1ccc(C(=O)NC2C3(C)CCC(C3)C2(C)C)cc1S(=O)(=O)N1CCOCC1. The van der Waals surface area contributed by atoms with Crippen molar-refractivity contribution in [2.75, 3.05) is 58.8 Å². The monoisotopic (exact) mass is 492 g/mol. The predicted molar refractivity (Wildman–Crippen MR) is 134 cm³/mol. The number of nitrogens with zero attached hydrogens (tertiary/aromatic N) is 2. The maximum atomic E-state index is 13.6. The molecule has 9 heteroatoms. The van der Waals surface area contributed by atoms with Crippen molar-refractivity contribution < 1.29 is 17.9 Å². The Labute approximate surface area is 204 Å².